The minimum Gasteiger partial charge on any atom is -0.372 e. The molecule has 0 atom stereocenters. The standard InChI is InChI=1S/C7H11NO5P2/c9-7(14(10)11,15(12)13)4-6-2-1-3-8-5-6/h1-3,5,9-13H,4H2. The summed E-state index contributed by atoms with van der Waals surface area (Å²) >= 11 is 0. The molecule has 1 heterocycles. The highest BCUT2D eigenvalue weighted by Crippen LogP contribution is 2.59. The van der Waals surface area contributed by atoms with Crippen molar-refractivity contribution < 1.29 is 24.7 Å². The largest absolute Gasteiger partial charge is 0.372 e. The number of pyridine rings is 1. The first kappa shape index (κ1) is 12.9. The molecular weight excluding hydrogens is 240 g/mol. The fourth-order valence-corrected chi connectivity index (χ4v) is 2.29. The Morgan fingerprint density at radius 3 is 2.20 bits per heavy atom. The van der Waals surface area contributed by atoms with Crippen molar-refractivity contribution in [2.45, 2.75) is 11.5 Å². The Balaban J connectivity index is 2.85. The van der Waals surface area contributed by atoms with Gasteiger partial charge in [-0.3, -0.25) is 4.98 Å². The van der Waals surface area contributed by atoms with E-state index in [1.807, 2.05) is 0 Å². The van der Waals surface area contributed by atoms with Gasteiger partial charge in [-0.15, -0.1) is 0 Å². The van der Waals surface area contributed by atoms with Gasteiger partial charge in [0.2, 0.25) is 21.8 Å². The van der Waals surface area contributed by atoms with Crippen LogP contribution in [0, 0.1) is 0 Å². The van der Waals surface area contributed by atoms with Gasteiger partial charge in [-0.2, -0.15) is 0 Å². The Bertz CT molecular complexity index is 300. The lowest BCUT2D eigenvalue weighted by atomic mass is 10.2. The van der Waals surface area contributed by atoms with Crippen molar-refractivity contribution in [2.75, 3.05) is 0 Å². The normalized spacial score (nSPS) is 12.5. The van der Waals surface area contributed by atoms with Crippen LogP contribution in [0.15, 0.2) is 24.5 Å². The molecule has 0 unspecified atom stereocenters. The molecule has 0 aliphatic rings. The fraction of sp³-hybridized carbons (Fsp3) is 0.286. The second-order valence-electron chi connectivity index (χ2n) is 2.89. The van der Waals surface area contributed by atoms with E-state index in [0.717, 1.165) is 0 Å². The number of aromatic nitrogens is 1. The van der Waals surface area contributed by atoms with Crippen molar-refractivity contribution >= 4 is 16.8 Å². The van der Waals surface area contributed by atoms with Crippen molar-refractivity contribution in [2.24, 2.45) is 0 Å². The lowest BCUT2D eigenvalue weighted by molar-refractivity contribution is 0.166. The SMILES string of the molecule is OP(O)C(O)(Cc1cccnc1)P(O)O. The van der Waals surface area contributed by atoms with Crippen LogP contribution in [0.3, 0.4) is 0 Å². The second kappa shape index (κ2) is 5.23. The van der Waals surface area contributed by atoms with Gasteiger partial charge in [-0.25, -0.2) is 0 Å². The summed E-state index contributed by atoms with van der Waals surface area (Å²) in [6, 6.07) is 3.19. The topological polar surface area (TPSA) is 114 Å². The lowest BCUT2D eigenvalue weighted by Gasteiger charge is -2.29. The summed E-state index contributed by atoms with van der Waals surface area (Å²) in [6.07, 6.45) is 2.66. The van der Waals surface area contributed by atoms with E-state index in [2.05, 4.69) is 4.98 Å². The van der Waals surface area contributed by atoms with Gasteiger partial charge < -0.3 is 24.7 Å². The monoisotopic (exact) mass is 251 g/mol. The first-order chi connectivity index (χ1) is 6.97. The molecule has 0 amide bonds. The molecule has 0 saturated carbocycles. The molecule has 1 rings (SSSR count). The number of nitrogens with zero attached hydrogens (tertiary/aromatic N) is 1. The van der Waals surface area contributed by atoms with Crippen LogP contribution >= 0.6 is 16.8 Å². The van der Waals surface area contributed by atoms with Gasteiger partial charge in [-0.1, -0.05) is 6.07 Å². The van der Waals surface area contributed by atoms with Gasteiger partial charge in [0, 0.05) is 18.8 Å². The van der Waals surface area contributed by atoms with Crippen LogP contribution in [0.4, 0.5) is 0 Å². The van der Waals surface area contributed by atoms with Crippen molar-refractivity contribution in [1.82, 2.24) is 4.98 Å². The second-order valence-corrected chi connectivity index (χ2v) is 5.88. The summed E-state index contributed by atoms with van der Waals surface area (Å²) in [6.45, 7) is 0. The molecular formula is C7H11NO5P2. The molecule has 0 saturated heterocycles. The molecule has 0 aliphatic carbocycles. The van der Waals surface area contributed by atoms with E-state index in [-0.39, 0.29) is 6.42 Å². The molecule has 5 N–H and O–H groups in total. The van der Waals surface area contributed by atoms with Crippen molar-refractivity contribution in [3.8, 4) is 0 Å². The van der Waals surface area contributed by atoms with Crippen LogP contribution in [0.1, 0.15) is 5.56 Å². The zero-order valence-corrected chi connectivity index (χ0v) is 9.38. The number of hydrogen-bond acceptors (Lipinski definition) is 6. The number of hydrogen-bond donors (Lipinski definition) is 5. The van der Waals surface area contributed by atoms with E-state index in [9.17, 15) is 5.11 Å². The minimum absolute atomic E-state index is 0.266. The summed E-state index contributed by atoms with van der Waals surface area (Å²) in [5, 5.41) is 7.37. The summed E-state index contributed by atoms with van der Waals surface area (Å²) in [5.41, 5.74) is 0.492. The van der Waals surface area contributed by atoms with Gasteiger partial charge in [0.25, 0.3) is 0 Å². The molecule has 0 bridgehead atoms. The van der Waals surface area contributed by atoms with Crippen LogP contribution in [0.5, 0.6) is 0 Å². The Morgan fingerprint density at radius 2 is 1.80 bits per heavy atom. The third-order valence-electron chi connectivity index (χ3n) is 1.80. The third kappa shape index (κ3) is 3.13. The first-order valence-corrected chi connectivity index (χ1v) is 6.43. The maximum atomic E-state index is 9.65. The average molecular weight is 251 g/mol. The molecule has 0 spiro atoms. The molecule has 6 nitrogen and oxygen atoms in total. The van der Waals surface area contributed by atoms with Crippen molar-refractivity contribution in [3.63, 3.8) is 0 Å². The van der Waals surface area contributed by atoms with Crippen LogP contribution in [0.25, 0.3) is 0 Å². The molecule has 84 valence electrons. The highest BCUT2D eigenvalue weighted by Gasteiger charge is 2.44. The number of aliphatic hydroxyl groups is 1. The van der Waals surface area contributed by atoms with E-state index in [1.54, 1.807) is 12.1 Å². The highest BCUT2D eigenvalue weighted by atomic mass is 31.2. The fourth-order valence-electron chi connectivity index (χ4n) is 0.998. The summed E-state index contributed by atoms with van der Waals surface area (Å²) in [4.78, 5) is 39.6. The van der Waals surface area contributed by atoms with Crippen LogP contribution in [-0.2, 0) is 6.42 Å². The lowest BCUT2D eigenvalue weighted by Crippen LogP contribution is -2.26. The van der Waals surface area contributed by atoms with Gasteiger partial charge in [0.15, 0.2) is 0 Å². The van der Waals surface area contributed by atoms with Crippen LogP contribution in [-0.4, -0.2) is 34.7 Å². The van der Waals surface area contributed by atoms with E-state index in [0.29, 0.717) is 5.56 Å². The van der Waals surface area contributed by atoms with E-state index in [4.69, 9.17) is 19.6 Å². The Hall–Kier alpha value is -0.190. The predicted octanol–water partition coefficient (Wildman–Crippen LogP) is -0.137. The Morgan fingerprint density at radius 1 is 1.20 bits per heavy atom. The predicted molar refractivity (Wildman–Crippen MR) is 55.6 cm³/mol. The minimum atomic E-state index is -2.85. The zero-order chi connectivity index (χ0) is 11.5. The molecule has 0 aliphatic heterocycles. The van der Waals surface area contributed by atoms with E-state index in [1.165, 1.54) is 12.4 Å². The molecule has 15 heavy (non-hydrogen) atoms. The van der Waals surface area contributed by atoms with Crippen molar-refractivity contribution in [3.05, 3.63) is 30.1 Å². The smallest absolute Gasteiger partial charge is 0.209 e. The molecule has 1 aromatic rings. The molecule has 0 fully saturated rings. The molecule has 1 aromatic heterocycles. The van der Waals surface area contributed by atoms with Gasteiger partial charge in [0.05, 0.1) is 0 Å². The molecule has 0 aromatic carbocycles. The first-order valence-electron chi connectivity index (χ1n) is 3.94. The Kier molecular flexibility index (Phi) is 4.49. The van der Waals surface area contributed by atoms with Gasteiger partial charge >= 0.3 is 0 Å². The maximum absolute atomic E-state index is 9.65. The summed E-state index contributed by atoms with van der Waals surface area (Å²) < 4.78 is 0. The van der Waals surface area contributed by atoms with Gasteiger partial charge in [-0.05, 0) is 11.6 Å². The summed E-state index contributed by atoms with van der Waals surface area (Å²) in [5.74, 6) is 0. The summed E-state index contributed by atoms with van der Waals surface area (Å²) in [7, 11) is -5.70. The van der Waals surface area contributed by atoms with E-state index < -0.39 is 21.8 Å². The molecule has 0 radical (unpaired) electrons. The van der Waals surface area contributed by atoms with Crippen LogP contribution < -0.4 is 0 Å². The average Bonchev–Trinajstić information content (AvgIpc) is 2.18. The zero-order valence-electron chi connectivity index (χ0n) is 7.59. The molecule has 8 heteroatoms. The van der Waals surface area contributed by atoms with E-state index >= 15 is 0 Å². The quantitative estimate of drug-likeness (QED) is 0.476. The number of rotatable bonds is 4. The highest BCUT2D eigenvalue weighted by molar-refractivity contribution is 7.65. The van der Waals surface area contributed by atoms with Gasteiger partial charge in [0.1, 0.15) is 0 Å². The van der Waals surface area contributed by atoms with Crippen LogP contribution in [0.2, 0.25) is 0 Å². The third-order valence-corrected chi connectivity index (χ3v) is 4.48. The maximum Gasteiger partial charge on any atom is 0.209 e. The van der Waals surface area contributed by atoms with Crippen molar-refractivity contribution in [1.29, 1.82) is 0 Å². The Labute approximate surface area is 88.7 Å².